The number of nitrogens with zero attached hydrogens (tertiary/aromatic N) is 1. The van der Waals surface area contributed by atoms with E-state index in [1.54, 1.807) is 11.0 Å². The van der Waals surface area contributed by atoms with Gasteiger partial charge in [-0.2, -0.15) is 0 Å². The van der Waals surface area contributed by atoms with E-state index in [1.165, 1.54) is 25.3 Å². The van der Waals surface area contributed by atoms with E-state index < -0.39 is 0 Å². The molecule has 0 atom stereocenters. The van der Waals surface area contributed by atoms with E-state index in [-0.39, 0.29) is 5.91 Å². The summed E-state index contributed by atoms with van der Waals surface area (Å²) in [5.74, 6) is 0.369. The average molecular weight is 178 g/mol. The first-order valence-electron chi connectivity index (χ1n) is 4.89. The molecule has 0 saturated heterocycles. The maximum Gasteiger partial charge on any atom is 0.252 e. The number of hydrogen-bond acceptors (Lipinski definition) is 2. The standard InChI is InChI=1S/C10H14N2O/c11-9-6-7-10(13)12(9)8-4-2-1-3-5-8/h6-8,11H,1-5H2. The van der Waals surface area contributed by atoms with Crippen LogP contribution in [0.4, 0.5) is 0 Å². The van der Waals surface area contributed by atoms with Crippen molar-refractivity contribution in [2.75, 3.05) is 0 Å². The molecule has 0 radical (unpaired) electrons. The molecule has 1 heterocycles. The van der Waals surface area contributed by atoms with E-state index in [0.717, 1.165) is 12.8 Å². The van der Waals surface area contributed by atoms with E-state index in [4.69, 9.17) is 5.41 Å². The molecule has 1 fully saturated rings. The van der Waals surface area contributed by atoms with Crippen LogP contribution < -0.4 is 0 Å². The third kappa shape index (κ3) is 1.50. The van der Waals surface area contributed by atoms with Gasteiger partial charge in [0.25, 0.3) is 5.91 Å². The largest absolute Gasteiger partial charge is 0.291 e. The summed E-state index contributed by atoms with van der Waals surface area (Å²) < 4.78 is 0. The van der Waals surface area contributed by atoms with Crippen LogP contribution in [0.1, 0.15) is 32.1 Å². The Morgan fingerprint density at radius 1 is 1.23 bits per heavy atom. The fourth-order valence-corrected chi connectivity index (χ4v) is 2.15. The van der Waals surface area contributed by atoms with Crippen LogP contribution in [0.25, 0.3) is 0 Å². The van der Waals surface area contributed by atoms with Crippen molar-refractivity contribution < 1.29 is 4.79 Å². The predicted molar refractivity (Wildman–Crippen MR) is 50.6 cm³/mol. The Hall–Kier alpha value is -1.12. The molecule has 70 valence electrons. The predicted octanol–water partition coefficient (Wildman–Crippen LogP) is 1.69. The van der Waals surface area contributed by atoms with Crippen molar-refractivity contribution in [1.82, 2.24) is 4.90 Å². The summed E-state index contributed by atoms with van der Waals surface area (Å²) >= 11 is 0. The fourth-order valence-electron chi connectivity index (χ4n) is 2.15. The average Bonchev–Trinajstić information content (AvgIpc) is 2.48. The van der Waals surface area contributed by atoms with Gasteiger partial charge in [0.1, 0.15) is 5.84 Å². The van der Waals surface area contributed by atoms with Crippen LogP contribution >= 0.6 is 0 Å². The van der Waals surface area contributed by atoms with Crippen molar-refractivity contribution in [3.8, 4) is 0 Å². The van der Waals surface area contributed by atoms with Crippen LogP contribution in [0.2, 0.25) is 0 Å². The quantitative estimate of drug-likeness (QED) is 0.652. The van der Waals surface area contributed by atoms with Crippen molar-refractivity contribution in [1.29, 1.82) is 5.41 Å². The summed E-state index contributed by atoms with van der Waals surface area (Å²) in [5, 5.41) is 7.59. The molecule has 0 aromatic carbocycles. The van der Waals surface area contributed by atoms with Gasteiger partial charge < -0.3 is 0 Å². The van der Waals surface area contributed by atoms with Gasteiger partial charge in [-0.15, -0.1) is 0 Å². The summed E-state index contributed by atoms with van der Waals surface area (Å²) in [5.41, 5.74) is 0. The second-order valence-corrected chi connectivity index (χ2v) is 3.72. The number of carbonyl (C=O) groups excluding carboxylic acids is 1. The second kappa shape index (κ2) is 3.32. The second-order valence-electron chi connectivity index (χ2n) is 3.72. The first kappa shape index (κ1) is 8.48. The van der Waals surface area contributed by atoms with Gasteiger partial charge in [-0.25, -0.2) is 0 Å². The molecule has 2 rings (SSSR count). The maximum absolute atomic E-state index is 11.4. The minimum atomic E-state index is -0.00287. The van der Waals surface area contributed by atoms with Crippen LogP contribution in [0.3, 0.4) is 0 Å². The highest BCUT2D eigenvalue weighted by atomic mass is 16.2. The Balaban J connectivity index is 2.07. The van der Waals surface area contributed by atoms with Gasteiger partial charge in [-0.05, 0) is 18.9 Å². The van der Waals surface area contributed by atoms with E-state index in [9.17, 15) is 4.79 Å². The number of amidine groups is 1. The van der Waals surface area contributed by atoms with Crippen molar-refractivity contribution in [3.63, 3.8) is 0 Å². The van der Waals surface area contributed by atoms with E-state index in [1.807, 2.05) is 0 Å². The van der Waals surface area contributed by atoms with Crippen molar-refractivity contribution in [2.24, 2.45) is 0 Å². The number of carbonyl (C=O) groups is 1. The molecule has 1 aliphatic carbocycles. The highest BCUT2D eigenvalue weighted by Crippen LogP contribution is 2.24. The first-order valence-corrected chi connectivity index (χ1v) is 4.89. The molecule has 1 N–H and O–H groups in total. The van der Waals surface area contributed by atoms with Crippen molar-refractivity contribution in [2.45, 2.75) is 38.1 Å². The molecule has 0 bridgehead atoms. The summed E-state index contributed by atoms with van der Waals surface area (Å²) in [4.78, 5) is 13.0. The lowest BCUT2D eigenvalue weighted by Crippen LogP contribution is -2.40. The minimum absolute atomic E-state index is 0.00287. The summed E-state index contributed by atoms with van der Waals surface area (Å²) in [6, 6.07) is 0.295. The Morgan fingerprint density at radius 2 is 1.92 bits per heavy atom. The van der Waals surface area contributed by atoms with Crippen LogP contribution in [0.15, 0.2) is 12.2 Å². The fraction of sp³-hybridized carbons (Fsp3) is 0.600. The minimum Gasteiger partial charge on any atom is -0.291 e. The Kier molecular flexibility index (Phi) is 2.17. The van der Waals surface area contributed by atoms with Crippen molar-refractivity contribution in [3.05, 3.63) is 12.2 Å². The number of rotatable bonds is 1. The van der Waals surface area contributed by atoms with E-state index in [0.29, 0.717) is 11.9 Å². The maximum atomic E-state index is 11.4. The highest BCUT2D eigenvalue weighted by molar-refractivity contribution is 6.14. The van der Waals surface area contributed by atoms with Crippen LogP contribution in [-0.4, -0.2) is 22.7 Å². The summed E-state index contributed by atoms with van der Waals surface area (Å²) in [7, 11) is 0. The zero-order chi connectivity index (χ0) is 9.26. The molecular formula is C10H14N2O. The Labute approximate surface area is 77.9 Å². The van der Waals surface area contributed by atoms with Gasteiger partial charge >= 0.3 is 0 Å². The molecule has 3 heteroatoms. The monoisotopic (exact) mass is 178 g/mol. The first-order chi connectivity index (χ1) is 6.29. The molecule has 1 saturated carbocycles. The SMILES string of the molecule is N=C1C=CC(=O)N1C1CCCCC1. The van der Waals surface area contributed by atoms with Crippen molar-refractivity contribution >= 4 is 11.7 Å². The van der Waals surface area contributed by atoms with Gasteiger partial charge in [0, 0.05) is 12.1 Å². The van der Waals surface area contributed by atoms with Crippen LogP contribution in [0, 0.1) is 5.41 Å². The molecule has 0 aromatic rings. The summed E-state index contributed by atoms with van der Waals surface area (Å²) in [6.45, 7) is 0. The third-order valence-electron chi connectivity index (χ3n) is 2.82. The van der Waals surface area contributed by atoms with Gasteiger partial charge in [0.05, 0.1) is 0 Å². The Bertz CT molecular complexity index is 246. The molecular weight excluding hydrogens is 164 g/mol. The third-order valence-corrected chi connectivity index (χ3v) is 2.82. The van der Waals surface area contributed by atoms with Crippen LogP contribution in [0.5, 0.6) is 0 Å². The highest BCUT2D eigenvalue weighted by Gasteiger charge is 2.29. The lowest BCUT2D eigenvalue weighted by atomic mass is 9.94. The number of amides is 1. The lowest BCUT2D eigenvalue weighted by Gasteiger charge is -2.30. The zero-order valence-corrected chi connectivity index (χ0v) is 7.62. The molecule has 13 heavy (non-hydrogen) atoms. The molecule has 2 aliphatic rings. The zero-order valence-electron chi connectivity index (χ0n) is 7.62. The van der Waals surface area contributed by atoms with Crippen LogP contribution in [-0.2, 0) is 4.79 Å². The number of hydrogen-bond donors (Lipinski definition) is 1. The van der Waals surface area contributed by atoms with E-state index in [2.05, 4.69) is 0 Å². The molecule has 0 spiro atoms. The summed E-state index contributed by atoms with van der Waals surface area (Å²) in [6.07, 6.45) is 8.89. The topological polar surface area (TPSA) is 44.2 Å². The van der Waals surface area contributed by atoms with Gasteiger partial charge in [-0.1, -0.05) is 19.3 Å². The molecule has 1 amide bonds. The molecule has 0 unspecified atom stereocenters. The molecule has 1 aliphatic heterocycles. The molecule has 0 aromatic heterocycles. The van der Waals surface area contributed by atoms with Gasteiger partial charge in [0.15, 0.2) is 0 Å². The lowest BCUT2D eigenvalue weighted by molar-refractivity contribution is -0.123. The van der Waals surface area contributed by atoms with Gasteiger partial charge in [-0.3, -0.25) is 15.1 Å². The van der Waals surface area contributed by atoms with E-state index >= 15 is 0 Å². The van der Waals surface area contributed by atoms with Gasteiger partial charge in [0.2, 0.25) is 0 Å². The normalized spacial score (nSPS) is 24.5. The Morgan fingerprint density at radius 3 is 2.46 bits per heavy atom. The number of nitrogens with one attached hydrogen (secondary N) is 1. The smallest absolute Gasteiger partial charge is 0.252 e. The molecule has 3 nitrogen and oxygen atoms in total.